The van der Waals surface area contributed by atoms with E-state index in [0.717, 1.165) is 34.4 Å². The second-order valence-electron chi connectivity index (χ2n) is 13.4. The minimum absolute atomic E-state index is 0.308. The van der Waals surface area contributed by atoms with Crippen LogP contribution in [0.4, 0.5) is 0 Å². The van der Waals surface area contributed by atoms with E-state index in [-0.39, 0.29) is 17.9 Å². The average molecular weight is 894 g/mol. The van der Waals surface area contributed by atoms with Crippen molar-refractivity contribution in [3.05, 3.63) is 159 Å². The number of carbonyl (C=O) groups is 3. The molecule has 6 aromatic rings. The molecule has 0 unspecified atom stereocenters. The van der Waals surface area contributed by atoms with Crippen molar-refractivity contribution in [3.8, 4) is 0 Å². The van der Waals surface area contributed by atoms with E-state index in [0.29, 0.717) is 78.6 Å². The summed E-state index contributed by atoms with van der Waals surface area (Å²) in [6.45, 7) is 15.3. The number of aryl methyl sites for hydroxylation is 4. The first-order valence-corrected chi connectivity index (χ1v) is 21.5. The third kappa shape index (κ3) is 16.5. The van der Waals surface area contributed by atoms with Gasteiger partial charge in [-0.05, 0) is 81.3 Å². The smallest absolute Gasteiger partial charge is 0.341 e. The first-order valence-electron chi connectivity index (χ1n) is 19.9. The number of esters is 3. The van der Waals surface area contributed by atoms with E-state index in [1.807, 2.05) is 55.5 Å². The standard InChI is InChI=1S/C16H20N2O2.C15H17ClN2O2.C8H8Cl2.C7H10N2O2/c1-4-13-6-8-14(9-7-13)10-18-11-15(12(3)17-18)16(19)20-5-2;1-3-20-15(19)14-10-18(17-11(14)2)9-13-6-4-12(8-16)5-7-13;9-5-7-1-2-8(6-10)4-3-7;1-3-11-7(10)6-4-8-9-5(6)2/h6-9,11H,4-5,10H2,1-3H3;4-7,10H,3,8-9H2,1-2H3;1-4H,5-6H2;4H,3H2,1-2H3,(H,8,9). The lowest BCUT2D eigenvalue weighted by Crippen LogP contribution is -2.05. The number of aromatic nitrogens is 6. The molecule has 0 spiro atoms. The number of aromatic amines is 1. The van der Waals surface area contributed by atoms with Crippen molar-refractivity contribution in [1.29, 1.82) is 0 Å². The van der Waals surface area contributed by atoms with Crippen LogP contribution in [0, 0.1) is 20.8 Å². The highest BCUT2D eigenvalue weighted by molar-refractivity contribution is 6.17. The molecule has 326 valence electrons. The maximum absolute atomic E-state index is 11.7. The van der Waals surface area contributed by atoms with Gasteiger partial charge in [0, 0.05) is 35.7 Å². The molecule has 0 atom stereocenters. The Kier molecular flexibility index (Phi) is 21.9. The van der Waals surface area contributed by atoms with Gasteiger partial charge in [-0.3, -0.25) is 14.5 Å². The fourth-order valence-electron chi connectivity index (χ4n) is 5.49. The molecule has 61 heavy (non-hydrogen) atoms. The minimum Gasteiger partial charge on any atom is -0.462 e. The van der Waals surface area contributed by atoms with Crippen molar-refractivity contribution in [2.24, 2.45) is 0 Å². The molecule has 1 N–H and O–H groups in total. The lowest BCUT2D eigenvalue weighted by Gasteiger charge is -2.03. The van der Waals surface area contributed by atoms with E-state index < -0.39 is 0 Å². The summed E-state index contributed by atoms with van der Waals surface area (Å²) in [5.74, 6) is 0.698. The maximum Gasteiger partial charge on any atom is 0.341 e. The van der Waals surface area contributed by atoms with Crippen molar-refractivity contribution in [3.63, 3.8) is 0 Å². The summed E-state index contributed by atoms with van der Waals surface area (Å²) in [6, 6.07) is 24.4. The van der Waals surface area contributed by atoms with Gasteiger partial charge in [-0.1, -0.05) is 79.7 Å². The first-order chi connectivity index (χ1) is 29.4. The van der Waals surface area contributed by atoms with E-state index in [9.17, 15) is 14.4 Å². The molecule has 0 aliphatic carbocycles. The molecular weight excluding hydrogens is 839 g/mol. The van der Waals surface area contributed by atoms with Gasteiger partial charge in [-0.15, -0.1) is 34.8 Å². The Morgan fingerprint density at radius 3 is 1.15 bits per heavy atom. The molecule has 0 radical (unpaired) electrons. The Hall–Kier alpha value is -5.43. The zero-order chi connectivity index (χ0) is 44.7. The van der Waals surface area contributed by atoms with Crippen molar-refractivity contribution >= 4 is 52.7 Å². The second kappa shape index (κ2) is 26.7. The van der Waals surface area contributed by atoms with Crippen LogP contribution in [0.3, 0.4) is 0 Å². The highest BCUT2D eigenvalue weighted by Crippen LogP contribution is 2.14. The Bertz CT molecular complexity index is 2100. The van der Waals surface area contributed by atoms with Crippen LogP contribution in [-0.4, -0.2) is 67.5 Å². The lowest BCUT2D eigenvalue weighted by molar-refractivity contribution is 0.0515. The number of hydrogen-bond donors (Lipinski definition) is 1. The van der Waals surface area contributed by atoms with E-state index in [4.69, 9.17) is 49.0 Å². The molecule has 12 nitrogen and oxygen atoms in total. The number of H-pyrrole nitrogens is 1. The molecule has 3 aromatic carbocycles. The molecule has 3 heterocycles. The van der Waals surface area contributed by atoms with Gasteiger partial charge in [0.25, 0.3) is 0 Å². The predicted octanol–water partition coefficient (Wildman–Crippen LogP) is 10.2. The van der Waals surface area contributed by atoms with Crippen LogP contribution < -0.4 is 0 Å². The highest BCUT2D eigenvalue weighted by Gasteiger charge is 2.16. The fourth-order valence-corrected chi connectivity index (χ4v) is 6.02. The van der Waals surface area contributed by atoms with Gasteiger partial charge in [0.1, 0.15) is 16.7 Å². The van der Waals surface area contributed by atoms with Gasteiger partial charge in [0.05, 0.1) is 50.5 Å². The number of alkyl halides is 3. The van der Waals surface area contributed by atoms with Crippen molar-refractivity contribution in [1.82, 2.24) is 29.8 Å². The summed E-state index contributed by atoms with van der Waals surface area (Å²) >= 11 is 16.9. The van der Waals surface area contributed by atoms with Gasteiger partial charge in [-0.2, -0.15) is 15.3 Å². The number of hydrogen-bond acceptors (Lipinski definition) is 9. The summed E-state index contributed by atoms with van der Waals surface area (Å²) in [5.41, 5.74) is 10.6. The molecule has 3 aromatic heterocycles. The van der Waals surface area contributed by atoms with Crippen LogP contribution in [0.1, 0.15) is 109 Å². The first kappa shape index (κ1) is 49.9. The molecule has 0 aliphatic heterocycles. The van der Waals surface area contributed by atoms with E-state index in [1.165, 1.54) is 17.3 Å². The van der Waals surface area contributed by atoms with Crippen molar-refractivity contribution < 1.29 is 28.6 Å². The number of ether oxygens (including phenoxy) is 3. The molecule has 0 saturated carbocycles. The Labute approximate surface area is 373 Å². The van der Waals surface area contributed by atoms with E-state index >= 15 is 0 Å². The quantitative estimate of drug-likeness (QED) is 0.0642. The van der Waals surface area contributed by atoms with E-state index in [1.54, 1.807) is 56.4 Å². The number of nitrogens with zero attached hydrogens (tertiary/aromatic N) is 5. The molecule has 15 heteroatoms. The molecule has 0 amide bonds. The third-order valence-electron chi connectivity index (χ3n) is 8.84. The summed E-state index contributed by atoms with van der Waals surface area (Å²) in [7, 11) is 0. The molecule has 0 fully saturated rings. The largest absolute Gasteiger partial charge is 0.462 e. The molecular formula is C46H55Cl3N6O6. The normalized spacial score (nSPS) is 10.3. The zero-order valence-corrected chi connectivity index (χ0v) is 38.1. The van der Waals surface area contributed by atoms with Gasteiger partial charge < -0.3 is 14.2 Å². The topological polar surface area (TPSA) is 143 Å². The minimum atomic E-state index is -0.325. The van der Waals surface area contributed by atoms with Crippen LogP contribution in [0.2, 0.25) is 0 Å². The van der Waals surface area contributed by atoms with Crippen LogP contribution >= 0.6 is 34.8 Å². The SMILES string of the molecule is CCOC(=O)c1cn(Cc2ccc(CC)cc2)nc1C.CCOC(=O)c1cn(Cc2ccc(CCl)cc2)nc1C.CCOC(=O)c1cn[nH]c1C.ClCc1ccc(CCl)cc1. The number of carbonyl (C=O) groups excluding carboxylic acids is 3. The summed E-state index contributed by atoms with van der Waals surface area (Å²) in [4.78, 5) is 34.5. The third-order valence-corrected chi connectivity index (χ3v) is 9.76. The maximum atomic E-state index is 11.7. The molecule has 6 rings (SSSR count). The Balaban J connectivity index is 0.000000227. The molecule has 0 saturated heterocycles. The van der Waals surface area contributed by atoms with Crippen LogP contribution in [-0.2, 0) is 51.4 Å². The van der Waals surface area contributed by atoms with Gasteiger partial charge >= 0.3 is 17.9 Å². The van der Waals surface area contributed by atoms with Gasteiger partial charge in [-0.25, -0.2) is 14.4 Å². The van der Waals surface area contributed by atoms with Crippen LogP contribution in [0.5, 0.6) is 0 Å². The fraction of sp³-hybridized carbons (Fsp3) is 0.348. The average Bonchev–Trinajstić information content (AvgIpc) is 3.99. The summed E-state index contributed by atoms with van der Waals surface area (Å²) in [5, 5.41) is 15.1. The summed E-state index contributed by atoms with van der Waals surface area (Å²) in [6.07, 6.45) is 5.98. The van der Waals surface area contributed by atoms with Gasteiger partial charge in [0.15, 0.2) is 0 Å². The number of nitrogens with one attached hydrogen (secondary N) is 1. The number of rotatable bonds is 14. The number of benzene rings is 3. The second-order valence-corrected chi connectivity index (χ2v) is 14.2. The highest BCUT2D eigenvalue weighted by atomic mass is 35.5. The molecule has 0 bridgehead atoms. The van der Waals surface area contributed by atoms with Crippen LogP contribution in [0.15, 0.2) is 91.4 Å². The summed E-state index contributed by atoms with van der Waals surface area (Å²) < 4.78 is 18.3. The van der Waals surface area contributed by atoms with Crippen molar-refractivity contribution in [2.45, 2.75) is 85.6 Å². The Morgan fingerprint density at radius 1 is 0.525 bits per heavy atom. The monoisotopic (exact) mass is 892 g/mol. The zero-order valence-electron chi connectivity index (χ0n) is 35.8. The number of halogens is 3. The van der Waals surface area contributed by atoms with Crippen molar-refractivity contribution in [2.75, 3.05) is 19.8 Å². The predicted molar refractivity (Wildman–Crippen MR) is 241 cm³/mol. The van der Waals surface area contributed by atoms with Gasteiger partial charge in [0.2, 0.25) is 0 Å². The Morgan fingerprint density at radius 2 is 0.852 bits per heavy atom. The molecule has 0 aliphatic rings. The van der Waals surface area contributed by atoms with Crippen LogP contribution in [0.25, 0.3) is 0 Å². The lowest BCUT2D eigenvalue weighted by atomic mass is 10.1. The van der Waals surface area contributed by atoms with E-state index in [2.05, 4.69) is 51.6 Å².